The van der Waals surface area contributed by atoms with Gasteiger partial charge in [0.15, 0.2) is 5.01 Å². The minimum atomic E-state index is 0.541. The molecule has 0 spiro atoms. The maximum Gasteiger partial charge on any atom is 0.195 e. The molecule has 0 radical (unpaired) electrons. The fourth-order valence-corrected chi connectivity index (χ4v) is 1.97. The molecule has 3 heteroatoms. The first kappa shape index (κ1) is 7.26. The molecule has 0 aliphatic carbocycles. The largest absolute Gasteiger partial charge is 0.226 e. The average molecular weight is 174 g/mol. The van der Waals surface area contributed by atoms with Crippen molar-refractivity contribution in [3.63, 3.8) is 0 Å². The molecule has 2 rings (SSSR count). The first-order valence-corrected chi connectivity index (χ1v) is 4.39. The van der Waals surface area contributed by atoms with E-state index in [1.165, 1.54) is 11.3 Å². The van der Waals surface area contributed by atoms with Crippen LogP contribution in [0.2, 0.25) is 0 Å². The van der Waals surface area contributed by atoms with E-state index in [9.17, 15) is 0 Å². The molecule has 0 unspecified atom stereocenters. The molecule has 1 heterocycles. The van der Waals surface area contributed by atoms with Gasteiger partial charge in [-0.05, 0) is 18.6 Å². The van der Waals surface area contributed by atoms with Crippen LogP contribution >= 0.6 is 11.3 Å². The molecule has 12 heavy (non-hydrogen) atoms. The number of aryl methyl sites for hydroxylation is 1. The van der Waals surface area contributed by atoms with Crippen LogP contribution in [-0.2, 0) is 0 Å². The lowest BCUT2D eigenvalue weighted by molar-refractivity contribution is 1.37. The first-order chi connectivity index (χ1) is 5.81. The molecule has 0 atom stereocenters. The van der Waals surface area contributed by atoms with Gasteiger partial charge in [0.2, 0.25) is 0 Å². The van der Waals surface area contributed by atoms with Crippen molar-refractivity contribution < 1.29 is 0 Å². The zero-order valence-electron chi connectivity index (χ0n) is 6.53. The van der Waals surface area contributed by atoms with Gasteiger partial charge in [-0.2, -0.15) is 5.26 Å². The Hall–Kier alpha value is -1.40. The number of rotatable bonds is 0. The van der Waals surface area contributed by atoms with Gasteiger partial charge in [-0.1, -0.05) is 12.1 Å². The Bertz CT molecular complexity index is 465. The van der Waals surface area contributed by atoms with E-state index >= 15 is 0 Å². The number of nitriles is 1. The van der Waals surface area contributed by atoms with Crippen LogP contribution in [0.1, 0.15) is 10.6 Å². The fourth-order valence-electron chi connectivity index (χ4n) is 1.13. The number of fused-ring (bicyclic) bond motifs is 1. The topological polar surface area (TPSA) is 36.7 Å². The van der Waals surface area contributed by atoms with Crippen LogP contribution in [0.5, 0.6) is 0 Å². The monoisotopic (exact) mass is 174 g/mol. The number of hydrogen-bond acceptors (Lipinski definition) is 3. The summed E-state index contributed by atoms with van der Waals surface area (Å²) in [5, 5.41) is 9.17. The lowest BCUT2D eigenvalue weighted by atomic mass is 10.2. The van der Waals surface area contributed by atoms with Gasteiger partial charge in [-0.3, -0.25) is 0 Å². The third kappa shape index (κ3) is 0.973. The molecule has 0 saturated heterocycles. The minimum absolute atomic E-state index is 0.541. The molecule has 0 aliphatic rings. The lowest BCUT2D eigenvalue weighted by Crippen LogP contribution is -1.74. The summed E-state index contributed by atoms with van der Waals surface area (Å²) >= 11 is 1.44. The molecule has 1 aromatic carbocycles. The van der Waals surface area contributed by atoms with Crippen molar-refractivity contribution in [2.24, 2.45) is 0 Å². The highest BCUT2D eigenvalue weighted by molar-refractivity contribution is 7.19. The second-order valence-corrected chi connectivity index (χ2v) is 3.58. The summed E-state index contributed by atoms with van der Waals surface area (Å²) < 4.78 is 1.09. The molecule has 0 fully saturated rings. The second kappa shape index (κ2) is 2.58. The molecule has 2 nitrogen and oxygen atoms in total. The average Bonchev–Trinajstić information content (AvgIpc) is 2.49. The Balaban J connectivity index is 2.85. The van der Waals surface area contributed by atoms with Crippen molar-refractivity contribution in [1.29, 1.82) is 5.26 Å². The fraction of sp³-hybridized carbons (Fsp3) is 0.111. The second-order valence-electron chi connectivity index (χ2n) is 2.55. The van der Waals surface area contributed by atoms with Crippen molar-refractivity contribution >= 4 is 21.6 Å². The Morgan fingerprint density at radius 2 is 2.33 bits per heavy atom. The number of thiazole rings is 1. The molecule has 0 saturated carbocycles. The molecule has 2 aromatic rings. The standard InChI is InChI=1S/C9H6N2S/c1-6-3-2-4-7-9(6)11-8(5-10)12-7/h2-4H,1H3. The van der Waals surface area contributed by atoms with E-state index < -0.39 is 0 Å². The molecular formula is C9H6N2S. The van der Waals surface area contributed by atoms with Crippen molar-refractivity contribution in [2.75, 3.05) is 0 Å². The summed E-state index contributed by atoms with van der Waals surface area (Å²) in [6.07, 6.45) is 0. The third-order valence-corrected chi connectivity index (χ3v) is 2.64. The number of nitrogens with zero attached hydrogens (tertiary/aromatic N) is 2. The highest BCUT2D eigenvalue weighted by Gasteiger charge is 2.03. The Morgan fingerprint density at radius 3 is 3.00 bits per heavy atom. The van der Waals surface area contributed by atoms with E-state index in [-0.39, 0.29) is 0 Å². The summed E-state index contributed by atoms with van der Waals surface area (Å²) in [6, 6.07) is 8.02. The molecule has 1 aromatic heterocycles. The highest BCUT2D eigenvalue weighted by atomic mass is 32.1. The zero-order valence-corrected chi connectivity index (χ0v) is 7.35. The van der Waals surface area contributed by atoms with E-state index in [0.717, 1.165) is 15.8 Å². The van der Waals surface area contributed by atoms with E-state index in [2.05, 4.69) is 11.1 Å². The van der Waals surface area contributed by atoms with Crippen LogP contribution in [0, 0.1) is 18.3 Å². The van der Waals surface area contributed by atoms with E-state index in [1.807, 2.05) is 25.1 Å². The van der Waals surface area contributed by atoms with Gasteiger partial charge in [-0.15, -0.1) is 11.3 Å². The maximum atomic E-state index is 8.63. The summed E-state index contributed by atoms with van der Waals surface area (Å²) in [4.78, 5) is 4.19. The van der Waals surface area contributed by atoms with Crippen LogP contribution in [0.25, 0.3) is 10.2 Å². The molecule has 0 bridgehead atoms. The van der Waals surface area contributed by atoms with Gasteiger partial charge in [-0.25, -0.2) is 4.98 Å². The Kier molecular flexibility index (Phi) is 1.56. The Morgan fingerprint density at radius 1 is 1.50 bits per heavy atom. The van der Waals surface area contributed by atoms with Gasteiger partial charge >= 0.3 is 0 Å². The Labute approximate surface area is 74.1 Å². The van der Waals surface area contributed by atoms with Gasteiger partial charge in [0.05, 0.1) is 10.2 Å². The number of para-hydroxylation sites is 1. The SMILES string of the molecule is Cc1cccc2sc(C#N)nc12. The quantitative estimate of drug-likeness (QED) is 0.615. The first-order valence-electron chi connectivity index (χ1n) is 3.57. The molecule has 0 N–H and O–H groups in total. The van der Waals surface area contributed by atoms with E-state index in [0.29, 0.717) is 5.01 Å². The van der Waals surface area contributed by atoms with Crippen LogP contribution < -0.4 is 0 Å². The number of hydrogen-bond donors (Lipinski definition) is 0. The molecule has 58 valence electrons. The predicted octanol–water partition coefficient (Wildman–Crippen LogP) is 2.48. The van der Waals surface area contributed by atoms with Gasteiger partial charge in [0.25, 0.3) is 0 Å². The van der Waals surface area contributed by atoms with Crippen molar-refractivity contribution in [1.82, 2.24) is 4.98 Å². The van der Waals surface area contributed by atoms with Crippen LogP contribution in [0.4, 0.5) is 0 Å². The van der Waals surface area contributed by atoms with Gasteiger partial charge in [0, 0.05) is 0 Å². The third-order valence-electron chi connectivity index (χ3n) is 1.72. The summed E-state index contributed by atoms with van der Waals surface area (Å²) in [6.45, 7) is 2.00. The number of benzene rings is 1. The van der Waals surface area contributed by atoms with Gasteiger partial charge in [0.1, 0.15) is 6.07 Å². The van der Waals surface area contributed by atoms with E-state index in [1.54, 1.807) is 0 Å². The van der Waals surface area contributed by atoms with E-state index in [4.69, 9.17) is 5.26 Å². The highest BCUT2D eigenvalue weighted by Crippen LogP contribution is 2.23. The summed E-state index contributed by atoms with van der Waals surface area (Å²) in [7, 11) is 0. The summed E-state index contributed by atoms with van der Waals surface area (Å²) in [5.74, 6) is 0. The van der Waals surface area contributed by atoms with Crippen LogP contribution in [0.3, 0.4) is 0 Å². The van der Waals surface area contributed by atoms with Crippen molar-refractivity contribution in [2.45, 2.75) is 6.92 Å². The lowest BCUT2D eigenvalue weighted by Gasteiger charge is -1.89. The predicted molar refractivity (Wildman–Crippen MR) is 49.1 cm³/mol. The summed E-state index contributed by atoms with van der Waals surface area (Å²) in [5.41, 5.74) is 2.09. The van der Waals surface area contributed by atoms with Gasteiger partial charge < -0.3 is 0 Å². The van der Waals surface area contributed by atoms with Crippen molar-refractivity contribution in [3.05, 3.63) is 28.8 Å². The smallest absolute Gasteiger partial charge is 0.195 e. The normalized spacial score (nSPS) is 10.0. The molecule has 0 aliphatic heterocycles. The van der Waals surface area contributed by atoms with Crippen LogP contribution in [0.15, 0.2) is 18.2 Å². The van der Waals surface area contributed by atoms with Crippen LogP contribution in [-0.4, -0.2) is 4.98 Å². The zero-order chi connectivity index (χ0) is 8.55. The minimum Gasteiger partial charge on any atom is -0.226 e. The van der Waals surface area contributed by atoms with Crippen molar-refractivity contribution in [3.8, 4) is 6.07 Å². The maximum absolute atomic E-state index is 8.63. The molecular weight excluding hydrogens is 168 g/mol. The number of aromatic nitrogens is 1. The molecule has 0 amide bonds.